The molecule has 0 aliphatic heterocycles. The van der Waals surface area contributed by atoms with E-state index < -0.39 is 5.97 Å². The first-order valence-corrected chi connectivity index (χ1v) is 7.76. The van der Waals surface area contributed by atoms with Crippen LogP contribution < -0.4 is 17.0 Å². The highest BCUT2D eigenvalue weighted by molar-refractivity contribution is 5.87. The first-order chi connectivity index (χ1) is 11.7. The Morgan fingerprint density at radius 3 is 2.24 bits per heavy atom. The molecule has 0 unspecified atom stereocenters. The molecule has 3 aromatic rings. The number of hydrogen-bond acceptors (Lipinski definition) is 1. The normalized spacial score (nSPS) is 10.4. The number of aromatic nitrogens is 1. The van der Waals surface area contributed by atoms with Crippen LogP contribution in [-0.4, -0.2) is 11.1 Å². The van der Waals surface area contributed by atoms with Crippen molar-refractivity contribution in [2.45, 2.75) is 6.54 Å². The van der Waals surface area contributed by atoms with E-state index in [0.29, 0.717) is 12.1 Å². The van der Waals surface area contributed by atoms with Gasteiger partial charge in [0, 0.05) is 23.8 Å². The van der Waals surface area contributed by atoms with Gasteiger partial charge in [-0.05, 0) is 29.8 Å². The fourth-order valence-electron chi connectivity index (χ4n) is 2.48. The standard InChI is InChI=1S/C21H17NO2.ClH/c23-21(24)19-12-9-18(10-13-19)16-22-15-5-4-8-20(22)14-11-17-6-2-1-3-7-17;/h1-15H,16H2;1H/b14-11+;. The van der Waals surface area contributed by atoms with E-state index in [2.05, 4.69) is 34.9 Å². The van der Waals surface area contributed by atoms with Crippen molar-refractivity contribution in [1.82, 2.24) is 0 Å². The van der Waals surface area contributed by atoms with Crippen LogP contribution in [0.2, 0.25) is 0 Å². The molecule has 0 fully saturated rings. The summed E-state index contributed by atoms with van der Waals surface area (Å²) in [6.45, 7) is 0.690. The SMILES string of the molecule is O=C(O)c1ccc(C[n+]2ccccc2/C=C/c2ccccc2)cc1.[Cl-]. The third kappa shape index (κ3) is 5.03. The summed E-state index contributed by atoms with van der Waals surface area (Å²) >= 11 is 0. The molecule has 0 spiro atoms. The number of rotatable bonds is 5. The minimum atomic E-state index is -0.902. The van der Waals surface area contributed by atoms with Crippen LogP contribution in [0.25, 0.3) is 12.2 Å². The minimum absolute atomic E-state index is 0. The topological polar surface area (TPSA) is 41.2 Å². The van der Waals surface area contributed by atoms with E-state index in [1.165, 1.54) is 0 Å². The summed E-state index contributed by atoms with van der Waals surface area (Å²) in [4.78, 5) is 10.9. The Balaban J connectivity index is 0.00000225. The maximum atomic E-state index is 10.9. The van der Waals surface area contributed by atoms with E-state index in [4.69, 9.17) is 5.11 Å². The summed E-state index contributed by atoms with van der Waals surface area (Å²) in [7, 11) is 0. The molecule has 2 aromatic carbocycles. The van der Waals surface area contributed by atoms with E-state index in [1.54, 1.807) is 12.1 Å². The molecule has 0 radical (unpaired) electrons. The zero-order valence-electron chi connectivity index (χ0n) is 13.5. The molecule has 1 heterocycles. The molecule has 0 saturated heterocycles. The number of pyridine rings is 1. The maximum Gasteiger partial charge on any atom is 0.335 e. The monoisotopic (exact) mass is 351 g/mol. The van der Waals surface area contributed by atoms with Crippen LogP contribution in [0.3, 0.4) is 0 Å². The molecule has 0 atom stereocenters. The summed E-state index contributed by atoms with van der Waals surface area (Å²) in [5.41, 5.74) is 3.61. The number of carboxylic acids is 1. The molecule has 1 aromatic heterocycles. The molecule has 126 valence electrons. The van der Waals surface area contributed by atoms with Gasteiger partial charge < -0.3 is 17.5 Å². The molecular weight excluding hydrogens is 334 g/mol. The summed E-state index contributed by atoms with van der Waals surface area (Å²) in [5.74, 6) is -0.902. The molecular formula is C21H18ClNO2. The highest BCUT2D eigenvalue weighted by Gasteiger charge is 2.09. The van der Waals surface area contributed by atoms with Crippen LogP contribution in [0.4, 0.5) is 0 Å². The first-order valence-electron chi connectivity index (χ1n) is 7.76. The number of halogens is 1. The van der Waals surface area contributed by atoms with E-state index in [1.807, 2.05) is 48.7 Å². The quantitative estimate of drug-likeness (QED) is 0.694. The highest BCUT2D eigenvalue weighted by Crippen LogP contribution is 2.07. The number of benzene rings is 2. The van der Waals surface area contributed by atoms with Crippen molar-refractivity contribution in [3.05, 3.63) is 101 Å². The fraction of sp³-hybridized carbons (Fsp3) is 0.0476. The molecule has 0 aliphatic carbocycles. The van der Waals surface area contributed by atoms with Gasteiger partial charge in [0.15, 0.2) is 12.7 Å². The molecule has 3 nitrogen and oxygen atoms in total. The number of carbonyl (C=O) groups is 1. The zero-order chi connectivity index (χ0) is 16.8. The van der Waals surface area contributed by atoms with Gasteiger partial charge in [-0.15, -0.1) is 0 Å². The molecule has 0 bridgehead atoms. The lowest BCUT2D eigenvalue weighted by molar-refractivity contribution is -0.690. The fourth-order valence-corrected chi connectivity index (χ4v) is 2.48. The molecule has 1 N–H and O–H groups in total. The number of nitrogens with zero attached hydrogens (tertiary/aromatic N) is 1. The van der Waals surface area contributed by atoms with E-state index >= 15 is 0 Å². The second-order valence-corrected chi connectivity index (χ2v) is 5.50. The van der Waals surface area contributed by atoms with Crippen molar-refractivity contribution in [2.75, 3.05) is 0 Å². The largest absolute Gasteiger partial charge is 1.00 e. The van der Waals surface area contributed by atoms with Gasteiger partial charge in [0.05, 0.1) is 5.56 Å². The van der Waals surface area contributed by atoms with E-state index in [-0.39, 0.29) is 12.4 Å². The van der Waals surface area contributed by atoms with Crippen LogP contribution in [-0.2, 0) is 6.54 Å². The first kappa shape index (κ1) is 18.4. The van der Waals surface area contributed by atoms with Crippen molar-refractivity contribution in [2.24, 2.45) is 0 Å². The summed E-state index contributed by atoms with van der Waals surface area (Å²) in [6, 6.07) is 23.2. The molecule has 0 amide bonds. The van der Waals surface area contributed by atoms with Gasteiger partial charge in [0.25, 0.3) is 0 Å². The summed E-state index contributed by atoms with van der Waals surface area (Å²) < 4.78 is 2.13. The predicted molar refractivity (Wildman–Crippen MR) is 94.5 cm³/mol. The molecule has 25 heavy (non-hydrogen) atoms. The van der Waals surface area contributed by atoms with Crippen LogP contribution in [0, 0.1) is 0 Å². The Morgan fingerprint density at radius 2 is 1.56 bits per heavy atom. The Hall–Kier alpha value is -2.91. The van der Waals surface area contributed by atoms with Gasteiger partial charge in [0.2, 0.25) is 5.69 Å². The Bertz CT molecular complexity index is 859. The second kappa shape index (κ2) is 8.81. The van der Waals surface area contributed by atoms with E-state index in [0.717, 1.165) is 16.8 Å². The highest BCUT2D eigenvalue weighted by atomic mass is 35.5. The third-order valence-electron chi connectivity index (χ3n) is 3.78. The Morgan fingerprint density at radius 1 is 0.880 bits per heavy atom. The molecule has 0 saturated carbocycles. The van der Waals surface area contributed by atoms with Crippen molar-refractivity contribution >= 4 is 18.1 Å². The van der Waals surface area contributed by atoms with Crippen molar-refractivity contribution < 1.29 is 26.9 Å². The number of aromatic carboxylic acids is 1. The van der Waals surface area contributed by atoms with Crippen molar-refractivity contribution in [1.29, 1.82) is 0 Å². The summed E-state index contributed by atoms with van der Waals surface area (Å²) in [6.07, 6.45) is 6.19. The number of hydrogen-bond donors (Lipinski definition) is 1. The lowest BCUT2D eigenvalue weighted by Crippen LogP contribution is -3.00. The number of carboxylic acid groups (broad SMARTS) is 1. The average Bonchev–Trinajstić information content (AvgIpc) is 2.62. The smallest absolute Gasteiger partial charge is 0.335 e. The third-order valence-corrected chi connectivity index (χ3v) is 3.78. The predicted octanol–water partition coefficient (Wildman–Crippen LogP) is 0.895. The zero-order valence-corrected chi connectivity index (χ0v) is 14.3. The molecule has 3 rings (SSSR count). The van der Waals surface area contributed by atoms with Crippen LogP contribution in [0.15, 0.2) is 79.0 Å². The molecule has 4 heteroatoms. The van der Waals surface area contributed by atoms with Crippen LogP contribution in [0.1, 0.15) is 27.2 Å². The van der Waals surface area contributed by atoms with Crippen LogP contribution >= 0.6 is 0 Å². The minimum Gasteiger partial charge on any atom is -1.00 e. The van der Waals surface area contributed by atoms with Gasteiger partial charge >= 0.3 is 5.97 Å². The lowest BCUT2D eigenvalue weighted by atomic mass is 10.1. The Kier molecular flexibility index (Phi) is 6.49. The van der Waals surface area contributed by atoms with Gasteiger partial charge in [-0.2, -0.15) is 4.57 Å². The Labute approximate surface area is 153 Å². The molecule has 0 aliphatic rings. The maximum absolute atomic E-state index is 10.9. The van der Waals surface area contributed by atoms with Crippen molar-refractivity contribution in [3.8, 4) is 0 Å². The van der Waals surface area contributed by atoms with Crippen molar-refractivity contribution in [3.63, 3.8) is 0 Å². The summed E-state index contributed by atoms with van der Waals surface area (Å²) in [5, 5.41) is 8.97. The van der Waals surface area contributed by atoms with Gasteiger partial charge in [0.1, 0.15) is 0 Å². The van der Waals surface area contributed by atoms with E-state index in [9.17, 15) is 4.79 Å². The lowest BCUT2D eigenvalue weighted by Gasteiger charge is -2.02. The average molecular weight is 352 g/mol. The van der Waals surface area contributed by atoms with Gasteiger partial charge in [-0.1, -0.05) is 42.5 Å². The van der Waals surface area contributed by atoms with Gasteiger partial charge in [-0.3, -0.25) is 0 Å². The second-order valence-electron chi connectivity index (χ2n) is 5.50. The van der Waals surface area contributed by atoms with Crippen LogP contribution in [0.5, 0.6) is 0 Å². The van der Waals surface area contributed by atoms with Gasteiger partial charge in [-0.25, -0.2) is 4.79 Å².